The number of nitrogens with zero attached hydrogens (tertiary/aromatic N) is 1. The van der Waals surface area contributed by atoms with Gasteiger partial charge in [-0.3, -0.25) is 0 Å². The van der Waals surface area contributed by atoms with Crippen LogP contribution in [0.4, 0.5) is 9.18 Å². The Balaban J connectivity index is 2.43. The van der Waals surface area contributed by atoms with Crippen LogP contribution >= 0.6 is 0 Å². The van der Waals surface area contributed by atoms with Gasteiger partial charge in [-0.2, -0.15) is 0 Å². The molecule has 1 N–H and O–H groups in total. The molecule has 0 spiro atoms. The fourth-order valence-electron chi connectivity index (χ4n) is 1.14. The number of nitrogens with one attached hydrogen (secondary N) is 1. The highest BCUT2D eigenvalue weighted by Crippen LogP contribution is 2.09. The van der Waals surface area contributed by atoms with Gasteiger partial charge in [-0.05, 0) is 19.4 Å². The highest BCUT2D eigenvalue weighted by atomic mass is 19.1. The average molecular weight is 172 g/mol. The molecule has 12 heavy (non-hydrogen) atoms. The summed E-state index contributed by atoms with van der Waals surface area (Å²) in [5.74, 6) is -0.215. The third-order valence-electron chi connectivity index (χ3n) is 1.72. The van der Waals surface area contributed by atoms with E-state index in [2.05, 4.69) is 5.32 Å². The zero-order chi connectivity index (χ0) is 8.97. The van der Waals surface area contributed by atoms with Crippen LogP contribution in [0.5, 0.6) is 0 Å². The molecule has 0 saturated heterocycles. The number of amides is 2. The SMILES string of the molecule is CCNC(=O)N1CCC=C(F)C1. The summed E-state index contributed by atoms with van der Waals surface area (Å²) < 4.78 is 12.7. The summed E-state index contributed by atoms with van der Waals surface area (Å²) in [5.41, 5.74) is 0. The van der Waals surface area contributed by atoms with Gasteiger partial charge < -0.3 is 10.2 Å². The summed E-state index contributed by atoms with van der Waals surface area (Å²) in [7, 11) is 0. The van der Waals surface area contributed by atoms with Gasteiger partial charge in [0, 0.05) is 13.1 Å². The van der Waals surface area contributed by atoms with Gasteiger partial charge in [-0.25, -0.2) is 9.18 Å². The lowest BCUT2D eigenvalue weighted by atomic mass is 10.2. The summed E-state index contributed by atoms with van der Waals surface area (Å²) in [4.78, 5) is 12.6. The minimum absolute atomic E-state index is 0.117. The van der Waals surface area contributed by atoms with Crippen LogP contribution in [-0.2, 0) is 0 Å². The predicted octanol–water partition coefficient (Wildman–Crippen LogP) is 1.28. The zero-order valence-corrected chi connectivity index (χ0v) is 7.14. The van der Waals surface area contributed by atoms with Gasteiger partial charge in [0.25, 0.3) is 0 Å². The summed E-state index contributed by atoms with van der Waals surface area (Å²) >= 11 is 0. The number of carbonyl (C=O) groups excluding carboxylic acids is 1. The molecule has 1 heterocycles. The van der Waals surface area contributed by atoms with Crippen LogP contribution in [0, 0.1) is 0 Å². The number of hydrogen-bond donors (Lipinski definition) is 1. The molecule has 1 aliphatic heterocycles. The van der Waals surface area contributed by atoms with Crippen molar-refractivity contribution >= 4 is 6.03 Å². The van der Waals surface area contributed by atoms with Crippen molar-refractivity contribution in [3.8, 4) is 0 Å². The Morgan fingerprint density at radius 3 is 3.17 bits per heavy atom. The second-order valence-electron chi connectivity index (χ2n) is 2.70. The van der Waals surface area contributed by atoms with E-state index >= 15 is 0 Å². The van der Waals surface area contributed by atoms with Crippen molar-refractivity contribution in [2.75, 3.05) is 19.6 Å². The molecule has 0 aromatic heterocycles. The Bertz CT molecular complexity index is 203. The third-order valence-corrected chi connectivity index (χ3v) is 1.72. The van der Waals surface area contributed by atoms with E-state index in [-0.39, 0.29) is 18.4 Å². The molecule has 68 valence electrons. The van der Waals surface area contributed by atoms with Crippen LogP contribution in [0.1, 0.15) is 13.3 Å². The zero-order valence-electron chi connectivity index (χ0n) is 7.14. The molecule has 2 amide bonds. The monoisotopic (exact) mass is 172 g/mol. The summed E-state index contributed by atoms with van der Waals surface area (Å²) in [6, 6.07) is -0.180. The quantitative estimate of drug-likeness (QED) is 0.634. The van der Waals surface area contributed by atoms with Crippen molar-refractivity contribution in [3.63, 3.8) is 0 Å². The van der Waals surface area contributed by atoms with Gasteiger partial charge in [0.2, 0.25) is 0 Å². The number of rotatable bonds is 1. The van der Waals surface area contributed by atoms with Gasteiger partial charge in [0.15, 0.2) is 0 Å². The molecule has 0 saturated carbocycles. The van der Waals surface area contributed by atoms with Crippen molar-refractivity contribution in [1.29, 1.82) is 0 Å². The summed E-state index contributed by atoms with van der Waals surface area (Å²) in [6.07, 6.45) is 2.14. The Morgan fingerprint density at radius 2 is 2.58 bits per heavy atom. The molecule has 0 unspecified atom stereocenters. The lowest BCUT2D eigenvalue weighted by molar-refractivity contribution is 0.197. The van der Waals surface area contributed by atoms with Crippen molar-refractivity contribution in [2.24, 2.45) is 0 Å². The fourth-order valence-corrected chi connectivity index (χ4v) is 1.14. The van der Waals surface area contributed by atoms with E-state index in [1.165, 1.54) is 11.0 Å². The van der Waals surface area contributed by atoms with Gasteiger partial charge in [0.1, 0.15) is 5.83 Å². The van der Waals surface area contributed by atoms with Crippen LogP contribution in [0.2, 0.25) is 0 Å². The Morgan fingerprint density at radius 1 is 1.83 bits per heavy atom. The lowest BCUT2D eigenvalue weighted by Crippen LogP contribution is -2.42. The van der Waals surface area contributed by atoms with Crippen molar-refractivity contribution in [3.05, 3.63) is 11.9 Å². The average Bonchev–Trinajstić information content (AvgIpc) is 2.05. The first-order valence-corrected chi connectivity index (χ1v) is 4.11. The second-order valence-corrected chi connectivity index (χ2v) is 2.70. The number of hydrogen-bond acceptors (Lipinski definition) is 1. The molecule has 1 aliphatic rings. The van der Waals surface area contributed by atoms with E-state index in [9.17, 15) is 9.18 Å². The predicted molar refractivity (Wildman–Crippen MR) is 44.5 cm³/mol. The van der Waals surface area contributed by atoms with E-state index in [4.69, 9.17) is 0 Å². The standard InChI is InChI=1S/C8H13FN2O/c1-2-10-8(12)11-5-3-4-7(9)6-11/h4H,2-3,5-6H2,1H3,(H,10,12). The van der Waals surface area contributed by atoms with Crippen molar-refractivity contribution in [2.45, 2.75) is 13.3 Å². The molecule has 0 radical (unpaired) electrons. The maximum atomic E-state index is 12.7. The molecular formula is C8H13FN2O. The number of carbonyl (C=O) groups is 1. The van der Waals surface area contributed by atoms with Crippen LogP contribution in [0.15, 0.2) is 11.9 Å². The van der Waals surface area contributed by atoms with Gasteiger partial charge in [0.05, 0.1) is 6.54 Å². The third kappa shape index (κ3) is 2.22. The largest absolute Gasteiger partial charge is 0.338 e. The first kappa shape index (κ1) is 9.03. The Labute approximate surface area is 71.2 Å². The van der Waals surface area contributed by atoms with E-state index in [0.29, 0.717) is 19.5 Å². The maximum absolute atomic E-state index is 12.7. The topological polar surface area (TPSA) is 32.3 Å². The van der Waals surface area contributed by atoms with E-state index < -0.39 is 0 Å². The Kier molecular flexibility index (Phi) is 3.08. The molecule has 4 heteroatoms. The molecule has 0 aromatic carbocycles. The second kappa shape index (κ2) is 4.09. The maximum Gasteiger partial charge on any atom is 0.317 e. The van der Waals surface area contributed by atoms with Crippen LogP contribution < -0.4 is 5.32 Å². The first-order valence-electron chi connectivity index (χ1n) is 4.11. The van der Waals surface area contributed by atoms with Crippen LogP contribution in [0.3, 0.4) is 0 Å². The highest BCUT2D eigenvalue weighted by molar-refractivity contribution is 5.74. The summed E-state index contributed by atoms with van der Waals surface area (Å²) in [5, 5.41) is 2.63. The molecule has 0 bridgehead atoms. The van der Waals surface area contributed by atoms with Gasteiger partial charge >= 0.3 is 6.03 Å². The van der Waals surface area contributed by atoms with Crippen LogP contribution in [-0.4, -0.2) is 30.6 Å². The van der Waals surface area contributed by atoms with E-state index in [0.717, 1.165) is 0 Å². The van der Waals surface area contributed by atoms with Crippen LogP contribution in [0.25, 0.3) is 0 Å². The molecule has 0 fully saturated rings. The molecule has 0 aromatic rings. The molecule has 0 atom stereocenters. The van der Waals surface area contributed by atoms with Crippen molar-refractivity contribution in [1.82, 2.24) is 10.2 Å². The van der Waals surface area contributed by atoms with Gasteiger partial charge in [-0.15, -0.1) is 0 Å². The highest BCUT2D eigenvalue weighted by Gasteiger charge is 2.16. The first-order chi connectivity index (χ1) is 5.74. The minimum atomic E-state index is -0.215. The Hall–Kier alpha value is -1.06. The van der Waals surface area contributed by atoms with E-state index in [1.54, 1.807) is 0 Å². The van der Waals surface area contributed by atoms with E-state index in [1.807, 2.05) is 6.92 Å². The lowest BCUT2D eigenvalue weighted by Gasteiger charge is -2.24. The minimum Gasteiger partial charge on any atom is -0.338 e. The normalized spacial score (nSPS) is 17.2. The molecule has 0 aliphatic carbocycles. The smallest absolute Gasteiger partial charge is 0.317 e. The summed E-state index contributed by atoms with van der Waals surface area (Å²) in [6.45, 7) is 3.15. The number of urea groups is 1. The van der Waals surface area contributed by atoms with Crippen molar-refractivity contribution < 1.29 is 9.18 Å². The fraction of sp³-hybridized carbons (Fsp3) is 0.625. The molecular weight excluding hydrogens is 159 g/mol. The number of halogens is 1. The molecule has 1 rings (SSSR count). The van der Waals surface area contributed by atoms with Gasteiger partial charge in [-0.1, -0.05) is 0 Å². The molecule has 3 nitrogen and oxygen atoms in total.